The summed E-state index contributed by atoms with van der Waals surface area (Å²) in [5, 5.41) is 14.8. The van der Waals surface area contributed by atoms with E-state index in [2.05, 4.69) is 16.2 Å². The lowest BCUT2D eigenvalue weighted by Crippen LogP contribution is -2.19. The average Bonchev–Trinajstić information content (AvgIpc) is 3.21. The molecular weight excluding hydrogens is 332 g/mol. The highest BCUT2D eigenvalue weighted by atomic mass is 16.7. The molecular formula is C19H18N4O3. The van der Waals surface area contributed by atoms with Crippen LogP contribution in [0.25, 0.3) is 16.7 Å². The summed E-state index contributed by atoms with van der Waals surface area (Å²) in [6.45, 7) is 4.16. The number of nitriles is 1. The van der Waals surface area contributed by atoms with Crippen molar-refractivity contribution in [2.75, 3.05) is 13.7 Å². The quantitative estimate of drug-likeness (QED) is 0.722. The van der Waals surface area contributed by atoms with Crippen LogP contribution in [0.2, 0.25) is 0 Å². The molecule has 7 nitrogen and oxygen atoms in total. The Kier molecular flexibility index (Phi) is 3.87. The minimum atomic E-state index is -0.657. The van der Waals surface area contributed by atoms with Crippen molar-refractivity contribution in [3.8, 4) is 17.5 Å². The Labute approximate surface area is 150 Å². The summed E-state index contributed by atoms with van der Waals surface area (Å²) in [4.78, 5) is 4.46. The Hall–Kier alpha value is -2.95. The standard InChI is InChI=1S/C19H18N4O3/c1-19(2)25-11-16(26-19)14-7-8-21-18-17(14)15(10-20)22-23(18)12-5-4-6-13(9-12)24-3/h4-9,16H,11H2,1-3H3. The van der Waals surface area contributed by atoms with Crippen molar-refractivity contribution in [3.63, 3.8) is 0 Å². The molecule has 1 fully saturated rings. The maximum absolute atomic E-state index is 9.62. The van der Waals surface area contributed by atoms with Gasteiger partial charge in [-0.05, 0) is 37.6 Å². The van der Waals surface area contributed by atoms with Gasteiger partial charge in [-0.2, -0.15) is 10.4 Å². The van der Waals surface area contributed by atoms with E-state index in [0.29, 0.717) is 29.1 Å². The van der Waals surface area contributed by atoms with Crippen LogP contribution in [0.15, 0.2) is 36.5 Å². The molecule has 0 N–H and O–H groups in total. The van der Waals surface area contributed by atoms with Gasteiger partial charge in [-0.1, -0.05) is 6.07 Å². The van der Waals surface area contributed by atoms with Crippen LogP contribution in [0, 0.1) is 11.3 Å². The Morgan fingerprint density at radius 2 is 2.19 bits per heavy atom. The molecule has 3 heterocycles. The molecule has 0 bridgehead atoms. The van der Waals surface area contributed by atoms with Crippen LogP contribution in [0.1, 0.15) is 31.2 Å². The fourth-order valence-corrected chi connectivity index (χ4v) is 3.17. The molecule has 2 aromatic heterocycles. The molecule has 0 aliphatic carbocycles. The van der Waals surface area contributed by atoms with Gasteiger partial charge in [-0.15, -0.1) is 0 Å². The molecule has 132 valence electrons. The molecule has 0 amide bonds. The Morgan fingerprint density at radius 3 is 2.88 bits per heavy atom. The Bertz CT molecular complexity index is 1020. The lowest BCUT2D eigenvalue weighted by Gasteiger charge is -2.17. The van der Waals surface area contributed by atoms with Crippen molar-refractivity contribution in [3.05, 3.63) is 47.8 Å². The molecule has 0 radical (unpaired) electrons. The van der Waals surface area contributed by atoms with E-state index in [4.69, 9.17) is 14.2 Å². The van der Waals surface area contributed by atoms with Gasteiger partial charge in [0.2, 0.25) is 0 Å². The van der Waals surface area contributed by atoms with Crippen LogP contribution in [-0.2, 0) is 9.47 Å². The van der Waals surface area contributed by atoms with Gasteiger partial charge < -0.3 is 14.2 Å². The third-order valence-corrected chi connectivity index (χ3v) is 4.36. The SMILES string of the molecule is COc1cccc(-n2nc(C#N)c3c(C4COC(C)(C)O4)ccnc32)c1. The number of hydrogen-bond donors (Lipinski definition) is 0. The largest absolute Gasteiger partial charge is 0.497 e. The fraction of sp³-hybridized carbons (Fsp3) is 0.316. The third-order valence-electron chi connectivity index (χ3n) is 4.36. The van der Waals surface area contributed by atoms with Crippen LogP contribution in [-0.4, -0.2) is 34.3 Å². The van der Waals surface area contributed by atoms with Gasteiger partial charge in [-0.25, -0.2) is 9.67 Å². The van der Waals surface area contributed by atoms with Crippen molar-refractivity contribution >= 4 is 11.0 Å². The lowest BCUT2D eigenvalue weighted by molar-refractivity contribution is -0.138. The monoisotopic (exact) mass is 350 g/mol. The predicted molar refractivity (Wildman–Crippen MR) is 94.0 cm³/mol. The van der Waals surface area contributed by atoms with Gasteiger partial charge in [0.1, 0.15) is 17.9 Å². The molecule has 1 atom stereocenters. The molecule has 3 aromatic rings. The summed E-state index contributed by atoms with van der Waals surface area (Å²) in [6.07, 6.45) is 1.43. The van der Waals surface area contributed by atoms with E-state index >= 15 is 0 Å². The highest BCUT2D eigenvalue weighted by molar-refractivity contribution is 5.86. The van der Waals surface area contributed by atoms with E-state index in [1.807, 2.05) is 44.2 Å². The smallest absolute Gasteiger partial charge is 0.172 e. The van der Waals surface area contributed by atoms with Crippen molar-refractivity contribution in [2.45, 2.75) is 25.7 Å². The second-order valence-corrected chi connectivity index (χ2v) is 6.49. The first-order valence-electron chi connectivity index (χ1n) is 8.26. The van der Waals surface area contributed by atoms with Gasteiger partial charge >= 0.3 is 0 Å². The second-order valence-electron chi connectivity index (χ2n) is 6.49. The van der Waals surface area contributed by atoms with Gasteiger partial charge in [0.15, 0.2) is 17.1 Å². The number of hydrogen-bond acceptors (Lipinski definition) is 6. The molecule has 26 heavy (non-hydrogen) atoms. The first-order chi connectivity index (χ1) is 12.5. The number of methoxy groups -OCH3 is 1. The summed E-state index contributed by atoms with van der Waals surface area (Å²) >= 11 is 0. The zero-order valence-electron chi connectivity index (χ0n) is 14.8. The molecule has 1 aliphatic rings. The molecule has 0 spiro atoms. The number of ether oxygens (including phenoxy) is 3. The molecule has 1 unspecified atom stereocenters. The number of benzene rings is 1. The van der Waals surface area contributed by atoms with Crippen molar-refractivity contribution < 1.29 is 14.2 Å². The van der Waals surface area contributed by atoms with Crippen molar-refractivity contribution in [1.82, 2.24) is 14.8 Å². The third kappa shape index (κ3) is 2.69. The van der Waals surface area contributed by atoms with Crippen LogP contribution >= 0.6 is 0 Å². The number of fused-ring (bicyclic) bond motifs is 1. The summed E-state index contributed by atoms with van der Waals surface area (Å²) in [7, 11) is 1.61. The first-order valence-corrected chi connectivity index (χ1v) is 8.26. The summed E-state index contributed by atoms with van der Waals surface area (Å²) in [5.41, 5.74) is 2.52. The van der Waals surface area contributed by atoms with E-state index in [0.717, 1.165) is 11.3 Å². The van der Waals surface area contributed by atoms with Gasteiger partial charge in [0.25, 0.3) is 0 Å². The van der Waals surface area contributed by atoms with E-state index in [-0.39, 0.29) is 6.10 Å². The van der Waals surface area contributed by atoms with Gasteiger partial charge in [0, 0.05) is 12.3 Å². The van der Waals surface area contributed by atoms with Crippen molar-refractivity contribution in [2.24, 2.45) is 0 Å². The minimum absolute atomic E-state index is 0.273. The second kappa shape index (κ2) is 6.09. The number of pyridine rings is 1. The van der Waals surface area contributed by atoms with Crippen LogP contribution in [0.5, 0.6) is 5.75 Å². The van der Waals surface area contributed by atoms with Gasteiger partial charge in [0.05, 0.1) is 24.8 Å². The predicted octanol–water partition coefficient (Wildman–Crippen LogP) is 3.12. The van der Waals surface area contributed by atoms with E-state index < -0.39 is 5.79 Å². The topological polar surface area (TPSA) is 82.2 Å². The molecule has 1 aliphatic heterocycles. The minimum Gasteiger partial charge on any atom is -0.497 e. The van der Waals surface area contributed by atoms with Crippen LogP contribution in [0.3, 0.4) is 0 Å². The summed E-state index contributed by atoms with van der Waals surface area (Å²) in [6, 6.07) is 11.5. The Morgan fingerprint density at radius 1 is 1.35 bits per heavy atom. The van der Waals surface area contributed by atoms with Crippen molar-refractivity contribution in [1.29, 1.82) is 5.26 Å². The number of rotatable bonds is 3. The maximum Gasteiger partial charge on any atom is 0.172 e. The van der Waals surface area contributed by atoms with Crippen LogP contribution < -0.4 is 4.74 Å². The van der Waals surface area contributed by atoms with Gasteiger partial charge in [-0.3, -0.25) is 0 Å². The lowest BCUT2D eigenvalue weighted by atomic mass is 10.1. The highest BCUT2D eigenvalue weighted by Gasteiger charge is 2.35. The molecule has 1 saturated heterocycles. The van der Waals surface area contributed by atoms with Crippen LogP contribution in [0.4, 0.5) is 0 Å². The molecule has 0 saturated carbocycles. The highest BCUT2D eigenvalue weighted by Crippen LogP contribution is 2.37. The molecule has 1 aromatic carbocycles. The summed E-state index contributed by atoms with van der Waals surface area (Å²) in [5.74, 6) is 0.0469. The fourth-order valence-electron chi connectivity index (χ4n) is 3.17. The van der Waals surface area contributed by atoms with E-state index in [1.54, 1.807) is 18.0 Å². The van der Waals surface area contributed by atoms with E-state index in [9.17, 15) is 5.26 Å². The summed E-state index contributed by atoms with van der Waals surface area (Å²) < 4.78 is 18.6. The first kappa shape index (κ1) is 16.5. The maximum atomic E-state index is 9.62. The normalized spacial score (nSPS) is 18.8. The number of aromatic nitrogens is 3. The van der Waals surface area contributed by atoms with E-state index in [1.165, 1.54) is 0 Å². The number of nitrogens with zero attached hydrogens (tertiary/aromatic N) is 4. The molecule has 4 rings (SSSR count). The Balaban J connectivity index is 1.90. The molecule has 7 heteroatoms. The zero-order valence-corrected chi connectivity index (χ0v) is 14.8. The average molecular weight is 350 g/mol. The zero-order chi connectivity index (χ0) is 18.3.